The van der Waals surface area contributed by atoms with Crippen molar-refractivity contribution >= 4 is 5.96 Å². The lowest BCUT2D eigenvalue weighted by atomic mass is 10.3. The summed E-state index contributed by atoms with van der Waals surface area (Å²) in [6.45, 7) is 9.51. The van der Waals surface area contributed by atoms with Crippen LogP contribution in [-0.4, -0.2) is 30.2 Å². The van der Waals surface area contributed by atoms with E-state index in [1.165, 1.54) is 0 Å². The fraction of sp³-hybridized carbons (Fsp3) is 0.625. The van der Waals surface area contributed by atoms with Crippen LogP contribution in [0.2, 0.25) is 0 Å². The number of aryl methyl sites for hydroxylation is 1. The van der Waals surface area contributed by atoms with Crippen LogP contribution < -0.4 is 16.2 Å². The summed E-state index contributed by atoms with van der Waals surface area (Å²) >= 11 is 0. The molecule has 118 valence electrons. The summed E-state index contributed by atoms with van der Waals surface area (Å²) in [6.07, 6.45) is 3.04. The normalized spacial score (nSPS) is 11.5. The number of rotatable bonds is 8. The van der Waals surface area contributed by atoms with E-state index in [0.29, 0.717) is 0 Å². The van der Waals surface area contributed by atoms with Crippen molar-refractivity contribution in [2.45, 2.75) is 46.6 Å². The van der Waals surface area contributed by atoms with Gasteiger partial charge in [0.05, 0.1) is 0 Å². The molecule has 0 unspecified atom stereocenters. The minimum absolute atomic E-state index is 0.0841. The number of aromatic nitrogens is 1. The van der Waals surface area contributed by atoms with Gasteiger partial charge in [0.15, 0.2) is 5.96 Å². The SMILES string of the molecule is CCCN=C(NCC)NCCCCn1c(C)cccc1=O. The molecule has 1 rings (SSSR count). The van der Waals surface area contributed by atoms with Gasteiger partial charge >= 0.3 is 0 Å². The van der Waals surface area contributed by atoms with E-state index in [9.17, 15) is 4.79 Å². The quantitative estimate of drug-likeness (QED) is 0.437. The number of guanidine groups is 1. The van der Waals surface area contributed by atoms with E-state index < -0.39 is 0 Å². The predicted molar refractivity (Wildman–Crippen MR) is 88.9 cm³/mol. The zero-order chi connectivity index (χ0) is 15.5. The molecule has 0 bridgehead atoms. The number of nitrogens with zero attached hydrogens (tertiary/aromatic N) is 2. The molecule has 21 heavy (non-hydrogen) atoms. The molecule has 1 aromatic heterocycles. The average molecular weight is 292 g/mol. The zero-order valence-corrected chi connectivity index (χ0v) is 13.5. The first-order chi connectivity index (χ1) is 10.2. The lowest BCUT2D eigenvalue weighted by Crippen LogP contribution is -2.38. The summed E-state index contributed by atoms with van der Waals surface area (Å²) < 4.78 is 1.83. The molecule has 5 nitrogen and oxygen atoms in total. The predicted octanol–water partition coefficient (Wildman–Crippen LogP) is 1.90. The van der Waals surface area contributed by atoms with Crippen LogP contribution in [0.3, 0.4) is 0 Å². The highest BCUT2D eigenvalue weighted by atomic mass is 16.1. The van der Waals surface area contributed by atoms with Crippen molar-refractivity contribution in [1.29, 1.82) is 0 Å². The van der Waals surface area contributed by atoms with Crippen LogP contribution in [0, 0.1) is 6.92 Å². The van der Waals surface area contributed by atoms with Gasteiger partial charge in [-0.2, -0.15) is 0 Å². The van der Waals surface area contributed by atoms with Crippen LogP contribution >= 0.6 is 0 Å². The highest BCUT2D eigenvalue weighted by Gasteiger charge is 1.99. The number of unbranched alkanes of at least 4 members (excludes halogenated alkanes) is 1. The molecule has 0 saturated heterocycles. The van der Waals surface area contributed by atoms with Crippen LogP contribution in [0.15, 0.2) is 28.0 Å². The maximum absolute atomic E-state index is 11.7. The van der Waals surface area contributed by atoms with Gasteiger partial charge in [-0.1, -0.05) is 13.0 Å². The summed E-state index contributed by atoms with van der Waals surface area (Å²) in [5, 5.41) is 6.55. The average Bonchev–Trinajstić information content (AvgIpc) is 2.47. The molecule has 5 heteroatoms. The summed E-state index contributed by atoms with van der Waals surface area (Å²) in [7, 11) is 0. The topological polar surface area (TPSA) is 58.4 Å². The van der Waals surface area contributed by atoms with Crippen molar-refractivity contribution in [1.82, 2.24) is 15.2 Å². The largest absolute Gasteiger partial charge is 0.357 e. The highest BCUT2D eigenvalue weighted by molar-refractivity contribution is 5.79. The van der Waals surface area contributed by atoms with Gasteiger partial charge in [-0.05, 0) is 39.2 Å². The van der Waals surface area contributed by atoms with E-state index >= 15 is 0 Å². The van der Waals surface area contributed by atoms with Crippen LogP contribution in [-0.2, 0) is 6.54 Å². The third kappa shape index (κ3) is 6.47. The Hall–Kier alpha value is -1.78. The molecule has 0 aliphatic rings. The minimum Gasteiger partial charge on any atom is -0.357 e. The summed E-state index contributed by atoms with van der Waals surface area (Å²) in [5.41, 5.74) is 1.11. The van der Waals surface area contributed by atoms with Crippen LogP contribution in [0.25, 0.3) is 0 Å². The first kappa shape index (κ1) is 17.3. The molecular weight excluding hydrogens is 264 g/mol. The van der Waals surface area contributed by atoms with Gasteiger partial charge in [0.2, 0.25) is 0 Å². The Labute approximate surface area is 127 Å². The maximum atomic E-state index is 11.7. The highest BCUT2D eigenvalue weighted by Crippen LogP contribution is 1.97. The van der Waals surface area contributed by atoms with Gasteiger partial charge in [-0.15, -0.1) is 0 Å². The van der Waals surface area contributed by atoms with Crippen molar-refractivity contribution in [2.75, 3.05) is 19.6 Å². The van der Waals surface area contributed by atoms with Gasteiger partial charge in [0, 0.05) is 37.9 Å². The molecule has 0 aliphatic carbocycles. The third-order valence-corrected chi connectivity index (χ3v) is 3.21. The van der Waals surface area contributed by atoms with Crippen LogP contribution in [0.4, 0.5) is 0 Å². The van der Waals surface area contributed by atoms with Crippen molar-refractivity contribution in [2.24, 2.45) is 4.99 Å². The Bertz CT molecular complexity index is 493. The maximum Gasteiger partial charge on any atom is 0.250 e. The van der Waals surface area contributed by atoms with E-state index in [2.05, 4.69) is 29.5 Å². The number of aliphatic imine (C=N–C) groups is 1. The summed E-state index contributed by atoms with van der Waals surface area (Å²) in [4.78, 5) is 16.2. The lowest BCUT2D eigenvalue weighted by molar-refractivity contribution is 0.575. The molecule has 1 aromatic rings. The molecule has 0 aromatic carbocycles. The molecule has 0 spiro atoms. The van der Waals surface area contributed by atoms with E-state index in [1.807, 2.05) is 23.6 Å². The molecule has 2 N–H and O–H groups in total. The Morgan fingerprint density at radius 1 is 1.24 bits per heavy atom. The zero-order valence-electron chi connectivity index (χ0n) is 13.5. The second-order valence-electron chi connectivity index (χ2n) is 5.05. The fourth-order valence-electron chi connectivity index (χ4n) is 2.08. The van der Waals surface area contributed by atoms with Gasteiger partial charge in [0.1, 0.15) is 0 Å². The van der Waals surface area contributed by atoms with E-state index in [-0.39, 0.29) is 5.56 Å². The van der Waals surface area contributed by atoms with Crippen LogP contribution in [0.1, 0.15) is 38.8 Å². The fourth-order valence-corrected chi connectivity index (χ4v) is 2.08. The monoisotopic (exact) mass is 292 g/mol. The van der Waals surface area contributed by atoms with Gasteiger partial charge in [0.25, 0.3) is 5.56 Å². The smallest absolute Gasteiger partial charge is 0.250 e. The van der Waals surface area contributed by atoms with Gasteiger partial charge in [-0.3, -0.25) is 9.79 Å². The van der Waals surface area contributed by atoms with Crippen molar-refractivity contribution in [3.8, 4) is 0 Å². The van der Waals surface area contributed by atoms with Gasteiger partial charge < -0.3 is 15.2 Å². The van der Waals surface area contributed by atoms with Gasteiger partial charge in [-0.25, -0.2) is 0 Å². The number of nitrogens with one attached hydrogen (secondary N) is 2. The number of hydrogen-bond donors (Lipinski definition) is 2. The van der Waals surface area contributed by atoms with E-state index in [0.717, 1.165) is 57.1 Å². The molecule has 0 atom stereocenters. The Morgan fingerprint density at radius 2 is 2.05 bits per heavy atom. The Balaban J connectivity index is 2.32. The first-order valence-electron chi connectivity index (χ1n) is 7.87. The summed E-state index contributed by atoms with van der Waals surface area (Å²) in [5.74, 6) is 0.882. The molecule has 0 aliphatic heterocycles. The third-order valence-electron chi connectivity index (χ3n) is 3.21. The standard InChI is InChI=1S/C16H28N4O/c1-4-11-18-16(17-5-2)19-12-6-7-13-20-14(3)9-8-10-15(20)21/h8-10H,4-7,11-13H2,1-3H3,(H2,17,18,19). The van der Waals surface area contributed by atoms with E-state index in [1.54, 1.807) is 6.07 Å². The minimum atomic E-state index is 0.0841. The van der Waals surface area contributed by atoms with Crippen molar-refractivity contribution < 1.29 is 0 Å². The Kier molecular flexibility index (Phi) is 8.24. The van der Waals surface area contributed by atoms with Crippen molar-refractivity contribution in [3.05, 3.63) is 34.2 Å². The molecule has 0 saturated carbocycles. The second kappa shape index (κ2) is 10.0. The molecule has 1 heterocycles. The second-order valence-corrected chi connectivity index (χ2v) is 5.05. The molecule has 0 amide bonds. The van der Waals surface area contributed by atoms with Crippen LogP contribution in [0.5, 0.6) is 0 Å². The molecule has 0 fully saturated rings. The number of hydrogen-bond acceptors (Lipinski definition) is 2. The summed E-state index contributed by atoms with van der Waals surface area (Å²) in [6, 6.07) is 5.40. The molecule has 0 radical (unpaired) electrons. The molecular formula is C16H28N4O. The number of pyridine rings is 1. The Morgan fingerprint density at radius 3 is 2.71 bits per heavy atom. The van der Waals surface area contributed by atoms with E-state index in [4.69, 9.17) is 0 Å². The van der Waals surface area contributed by atoms with Crippen molar-refractivity contribution in [3.63, 3.8) is 0 Å². The first-order valence-corrected chi connectivity index (χ1v) is 7.87. The lowest BCUT2D eigenvalue weighted by Gasteiger charge is -2.12.